The first-order valence-corrected chi connectivity index (χ1v) is 7.40. The molecular weight excluding hydrogens is 267 g/mol. The summed E-state index contributed by atoms with van der Waals surface area (Å²) in [5.41, 5.74) is 1.16. The number of hydrogen-bond donors (Lipinski definition) is 0. The molecule has 3 heterocycles. The summed E-state index contributed by atoms with van der Waals surface area (Å²) < 4.78 is 14.7. The molecule has 0 radical (unpaired) electrons. The van der Waals surface area contributed by atoms with Gasteiger partial charge in [0.2, 0.25) is 0 Å². The lowest BCUT2D eigenvalue weighted by molar-refractivity contribution is 0.640. The molecule has 0 aliphatic carbocycles. The maximum atomic E-state index is 13.7. The molecule has 2 aliphatic rings. The van der Waals surface area contributed by atoms with Crippen LogP contribution in [-0.2, 0) is 0 Å². The molecule has 0 unspecified atom stereocenters. The van der Waals surface area contributed by atoms with Gasteiger partial charge in [-0.25, -0.2) is 4.39 Å². The minimum absolute atomic E-state index is 0.142. The zero-order chi connectivity index (χ0) is 12.1. The van der Waals surface area contributed by atoms with Crippen LogP contribution in [0.3, 0.4) is 0 Å². The summed E-state index contributed by atoms with van der Waals surface area (Å²) in [5, 5.41) is 3.90. The summed E-state index contributed by atoms with van der Waals surface area (Å²) >= 11 is 3.30. The first-order valence-electron chi connectivity index (χ1n) is 5.70. The van der Waals surface area contributed by atoms with Crippen LogP contribution in [0.1, 0.15) is 4.88 Å². The van der Waals surface area contributed by atoms with Gasteiger partial charge in [-0.15, -0.1) is 11.3 Å². The van der Waals surface area contributed by atoms with Crippen LogP contribution < -0.4 is 0 Å². The zero-order valence-corrected chi connectivity index (χ0v) is 11.0. The Morgan fingerprint density at radius 3 is 3.17 bits per heavy atom. The highest BCUT2D eigenvalue weighted by Crippen LogP contribution is 2.40. The molecule has 0 spiro atoms. The van der Waals surface area contributed by atoms with Gasteiger partial charge in [-0.1, -0.05) is 17.8 Å². The van der Waals surface area contributed by atoms with E-state index in [0.29, 0.717) is 5.39 Å². The van der Waals surface area contributed by atoms with Gasteiger partial charge in [0.25, 0.3) is 0 Å². The predicted molar refractivity (Wildman–Crippen MR) is 76.4 cm³/mol. The lowest BCUT2D eigenvalue weighted by atomic mass is 10.2. The maximum Gasteiger partial charge on any atom is 0.168 e. The highest BCUT2D eigenvalue weighted by molar-refractivity contribution is 8.16. The summed E-state index contributed by atoms with van der Waals surface area (Å²) in [6.45, 7) is 1.80. The number of halogens is 1. The SMILES string of the molecule is Fc1cccc2sc(C3=CSC4=NCCN34)cc12. The number of thioether (sulfide) groups is 1. The topological polar surface area (TPSA) is 15.6 Å². The fraction of sp³-hybridized carbons (Fsp3) is 0.154. The van der Waals surface area contributed by atoms with E-state index in [4.69, 9.17) is 0 Å². The first kappa shape index (κ1) is 10.6. The molecule has 0 atom stereocenters. The van der Waals surface area contributed by atoms with Crippen LogP contribution in [0.15, 0.2) is 34.7 Å². The molecular formula is C13H9FN2S2. The van der Waals surface area contributed by atoms with Gasteiger partial charge in [0.1, 0.15) is 5.82 Å². The lowest BCUT2D eigenvalue weighted by Crippen LogP contribution is -2.19. The minimum Gasteiger partial charge on any atom is -0.317 e. The Morgan fingerprint density at radius 2 is 2.28 bits per heavy atom. The Bertz CT molecular complexity index is 702. The van der Waals surface area contributed by atoms with Gasteiger partial charge in [-0.2, -0.15) is 0 Å². The van der Waals surface area contributed by atoms with Crippen molar-refractivity contribution in [2.75, 3.05) is 13.1 Å². The van der Waals surface area contributed by atoms with E-state index in [0.717, 1.165) is 33.5 Å². The van der Waals surface area contributed by atoms with E-state index < -0.39 is 0 Å². The monoisotopic (exact) mass is 276 g/mol. The molecule has 2 nitrogen and oxygen atoms in total. The molecule has 4 rings (SSSR count). The molecule has 90 valence electrons. The largest absolute Gasteiger partial charge is 0.317 e. The van der Waals surface area contributed by atoms with Crippen LogP contribution >= 0.6 is 23.1 Å². The number of benzene rings is 1. The quantitative estimate of drug-likeness (QED) is 0.788. The Morgan fingerprint density at radius 1 is 1.33 bits per heavy atom. The van der Waals surface area contributed by atoms with Crippen molar-refractivity contribution in [1.29, 1.82) is 0 Å². The molecule has 2 aromatic rings. The molecule has 0 saturated heterocycles. The van der Waals surface area contributed by atoms with Crippen LogP contribution in [0, 0.1) is 5.82 Å². The van der Waals surface area contributed by atoms with Gasteiger partial charge in [-0.3, -0.25) is 4.99 Å². The third-order valence-electron chi connectivity index (χ3n) is 3.13. The first-order chi connectivity index (χ1) is 8.83. The summed E-state index contributed by atoms with van der Waals surface area (Å²) in [6.07, 6.45) is 0. The van der Waals surface area contributed by atoms with E-state index in [2.05, 4.69) is 15.3 Å². The molecule has 1 aromatic carbocycles. The molecule has 0 N–H and O–H groups in total. The van der Waals surface area contributed by atoms with E-state index in [-0.39, 0.29) is 5.82 Å². The molecule has 1 aromatic heterocycles. The molecule has 0 amide bonds. The second-order valence-electron chi connectivity index (χ2n) is 4.20. The Labute approximate surface area is 112 Å². The molecule has 0 saturated carbocycles. The Balaban J connectivity index is 1.84. The number of rotatable bonds is 1. The zero-order valence-electron chi connectivity index (χ0n) is 9.39. The van der Waals surface area contributed by atoms with Gasteiger partial charge in [0.05, 0.1) is 17.1 Å². The van der Waals surface area contributed by atoms with Gasteiger partial charge in [0, 0.05) is 22.0 Å². The van der Waals surface area contributed by atoms with Gasteiger partial charge >= 0.3 is 0 Å². The van der Waals surface area contributed by atoms with Crippen LogP contribution in [-0.4, -0.2) is 23.2 Å². The third kappa shape index (κ3) is 1.44. The maximum absolute atomic E-state index is 13.7. The highest BCUT2D eigenvalue weighted by Gasteiger charge is 2.28. The standard InChI is InChI=1S/C13H9FN2S2/c14-9-2-1-3-11-8(9)6-12(18-11)10-7-17-13-15-4-5-16(10)13/h1-3,6-7H,4-5H2. The number of aliphatic imine (C=N–C) groups is 1. The third-order valence-corrected chi connectivity index (χ3v) is 5.15. The van der Waals surface area contributed by atoms with Crippen molar-refractivity contribution >= 4 is 44.0 Å². The molecule has 18 heavy (non-hydrogen) atoms. The van der Waals surface area contributed by atoms with E-state index >= 15 is 0 Å². The van der Waals surface area contributed by atoms with Crippen molar-refractivity contribution in [1.82, 2.24) is 4.90 Å². The Hall–Kier alpha value is -1.33. The van der Waals surface area contributed by atoms with Crippen LogP contribution in [0.4, 0.5) is 4.39 Å². The highest BCUT2D eigenvalue weighted by atomic mass is 32.2. The molecule has 0 bridgehead atoms. The van der Waals surface area contributed by atoms with Gasteiger partial charge in [0.15, 0.2) is 5.17 Å². The number of amidine groups is 1. The van der Waals surface area contributed by atoms with Crippen molar-refractivity contribution < 1.29 is 4.39 Å². The number of fused-ring (bicyclic) bond motifs is 2. The van der Waals surface area contributed by atoms with Crippen molar-refractivity contribution in [3.8, 4) is 0 Å². The van der Waals surface area contributed by atoms with Gasteiger partial charge in [-0.05, 0) is 18.2 Å². The smallest absolute Gasteiger partial charge is 0.168 e. The van der Waals surface area contributed by atoms with Crippen molar-refractivity contribution in [2.24, 2.45) is 4.99 Å². The van der Waals surface area contributed by atoms with Crippen LogP contribution in [0.25, 0.3) is 15.8 Å². The van der Waals surface area contributed by atoms with Crippen LogP contribution in [0.5, 0.6) is 0 Å². The van der Waals surface area contributed by atoms with E-state index in [1.54, 1.807) is 29.2 Å². The normalized spacial score (nSPS) is 18.2. The summed E-state index contributed by atoms with van der Waals surface area (Å²) in [5.74, 6) is -0.142. The number of thiophene rings is 1. The van der Waals surface area contributed by atoms with E-state index in [9.17, 15) is 4.39 Å². The van der Waals surface area contributed by atoms with Gasteiger partial charge < -0.3 is 4.90 Å². The average Bonchev–Trinajstić information content (AvgIpc) is 3.02. The fourth-order valence-electron chi connectivity index (χ4n) is 2.27. The molecule has 5 heteroatoms. The Kier molecular flexibility index (Phi) is 2.25. The number of hydrogen-bond acceptors (Lipinski definition) is 4. The van der Waals surface area contributed by atoms with E-state index in [1.807, 2.05) is 12.1 Å². The predicted octanol–water partition coefficient (Wildman–Crippen LogP) is 3.76. The molecule has 2 aliphatic heterocycles. The average molecular weight is 276 g/mol. The molecule has 0 fully saturated rings. The summed E-state index contributed by atoms with van der Waals surface area (Å²) in [6, 6.07) is 7.19. The number of nitrogens with zero attached hydrogens (tertiary/aromatic N) is 2. The van der Waals surface area contributed by atoms with E-state index in [1.165, 1.54) is 6.07 Å². The summed E-state index contributed by atoms with van der Waals surface area (Å²) in [4.78, 5) is 7.76. The van der Waals surface area contributed by atoms with Crippen molar-refractivity contribution in [3.63, 3.8) is 0 Å². The van der Waals surface area contributed by atoms with Crippen molar-refractivity contribution in [3.05, 3.63) is 40.4 Å². The van der Waals surface area contributed by atoms with Crippen molar-refractivity contribution in [2.45, 2.75) is 0 Å². The minimum atomic E-state index is -0.142. The summed E-state index contributed by atoms with van der Waals surface area (Å²) in [7, 11) is 0. The fourth-order valence-corrected chi connectivity index (χ4v) is 4.39. The van der Waals surface area contributed by atoms with Crippen LogP contribution in [0.2, 0.25) is 0 Å². The second kappa shape index (κ2) is 3.83. The second-order valence-corrected chi connectivity index (χ2v) is 6.12. The lowest BCUT2D eigenvalue weighted by Gasteiger charge is -2.14.